The Hall–Kier alpha value is 0.347. The maximum atomic E-state index is 5.83. The van der Waals surface area contributed by atoms with Gasteiger partial charge in [0.25, 0.3) is 5.97 Å². The van der Waals surface area contributed by atoms with Crippen LogP contribution in [-0.4, -0.2) is 48.0 Å². The summed E-state index contributed by atoms with van der Waals surface area (Å²) in [5, 5.41) is 0. The molecule has 0 bridgehead atoms. The smallest absolute Gasteiger partial charge is 0.297 e. The second-order valence-corrected chi connectivity index (χ2v) is 5.21. The normalized spacial score (nSPS) is 12.7. The lowest BCUT2D eigenvalue weighted by Crippen LogP contribution is -2.45. The van der Waals surface area contributed by atoms with Crippen molar-refractivity contribution in [2.75, 3.05) is 32.3 Å². The number of ether oxygens (including phenoxy) is 3. The first-order valence-electron chi connectivity index (χ1n) is 6.30. The molecule has 0 N–H and O–H groups in total. The van der Waals surface area contributed by atoms with E-state index in [0.29, 0.717) is 32.3 Å². The molecule has 0 heterocycles. The van der Waals surface area contributed by atoms with Crippen LogP contribution in [0.2, 0.25) is 6.04 Å². The number of rotatable bonds is 12. The van der Waals surface area contributed by atoms with Gasteiger partial charge in [-0.15, -0.1) is 11.6 Å². The van der Waals surface area contributed by atoms with Gasteiger partial charge in [-0.25, -0.2) is 0 Å². The maximum Gasteiger partial charge on any atom is 0.297 e. The lowest BCUT2D eigenvalue weighted by atomic mass is 10.5. The average molecular weight is 285 g/mol. The number of halogens is 1. The lowest BCUT2D eigenvalue weighted by Gasteiger charge is -2.32. The highest BCUT2D eigenvalue weighted by Gasteiger charge is 2.32. The van der Waals surface area contributed by atoms with Crippen molar-refractivity contribution in [3.8, 4) is 0 Å². The van der Waals surface area contributed by atoms with E-state index in [0.717, 1.165) is 12.5 Å². The summed E-state index contributed by atoms with van der Waals surface area (Å²) in [5.41, 5.74) is 0. The Labute approximate surface area is 112 Å². The van der Waals surface area contributed by atoms with Crippen molar-refractivity contribution < 1.29 is 18.6 Å². The molecule has 0 saturated heterocycles. The molecule has 0 aromatic heterocycles. The molecule has 104 valence electrons. The molecule has 0 rings (SSSR count). The first-order chi connectivity index (χ1) is 8.24. The molecular weight excluding hydrogens is 260 g/mol. The zero-order chi connectivity index (χ0) is 13.0. The third-order valence-electron chi connectivity index (χ3n) is 2.06. The Morgan fingerprint density at radius 2 is 1.71 bits per heavy atom. The fraction of sp³-hybridized carbons (Fsp3) is 1.00. The highest BCUT2D eigenvalue weighted by molar-refractivity contribution is 6.27. The van der Waals surface area contributed by atoms with Crippen molar-refractivity contribution in [3.63, 3.8) is 0 Å². The van der Waals surface area contributed by atoms with Crippen LogP contribution in [0.3, 0.4) is 0 Å². The number of alkyl halides is 1. The van der Waals surface area contributed by atoms with Crippen molar-refractivity contribution in [2.24, 2.45) is 0 Å². The quantitative estimate of drug-likeness (QED) is 0.237. The van der Waals surface area contributed by atoms with Crippen LogP contribution in [0.15, 0.2) is 0 Å². The molecule has 4 nitrogen and oxygen atoms in total. The predicted octanol–water partition coefficient (Wildman–Crippen LogP) is 1.90. The second-order valence-electron chi connectivity index (χ2n) is 3.43. The van der Waals surface area contributed by atoms with Crippen LogP contribution >= 0.6 is 11.6 Å². The average Bonchev–Trinajstić information content (AvgIpc) is 2.33. The van der Waals surface area contributed by atoms with Crippen LogP contribution in [0.4, 0.5) is 0 Å². The summed E-state index contributed by atoms with van der Waals surface area (Å²) < 4.78 is 22.4. The molecule has 0 atom stereocenters. The Bertz CT molecular complexity index is 166. The van der Waals surface area contributed by atoms with E-state index in [2.05, 4.69) is 0 Å². The fourth-order valence-electron chi connectivity index (χ4n) is 1.34. The van der Waals surface area contributed by atoms with E-state index in [-0.39, 0.29) is 0 Å². The minimum Gasteiger partial charge on any atom is -0.374 e. The van der Waals surface area contributed by atoms with Crippen LogP contribution in [0, 0.1) is 0 Å². The standard InChI is InChI=1S/C11H25ClO4Si/c1-4-13-10-11(14-5-2,15-6-3)16-17-9-7-8-12/h4-10,17H2,1-3H3. The summed E-state index contributed by atoms with van der Waals surface area (Å²) in [5.74, 6) is -0.323. The van der Waals surface area contributed by atoms with Crippen LogP contribution < -0.4 is 0 Å². The molecule has 0 aliphatic carbocycles. The van der Waals surface area contributed by atoms with E-state index in [9.17, 15) is 0 Å². The van der Waals surface area contributed by atoms with Gasteiger partial charge < -0.3 is 18.6 Å². The van der Waals surface area contributed by atoms with Gasteiger partial charge in [-0.3, -0.25) is 0 Å². The molecule has 0 radical (unpaired) electrons. The monoisotopic (exact) mass is 284 g/mol. The van der Waals surface area contributed by atoms with Crippen molar-refractivity contribution >= 4 is 21.4 Å². The third kappa shape index (κ3) is 8.13. The highest BCUT2D eigenvalue weighted by atomic mass is 35.5. The van der Waals surface area contributed by atoms with Crippen molar-refractivity contribution in [3.05, 3.63) is 0 Å². The van der Waals surface area contributed by atoms with Crippen LogP contribution in [0.25, 0.3) is 0 Å². The van der Waals surface area contributed by atoms with Gasteiger partial charge in [0.15, 0.2) is 9.76 Å². The van der Waals surface area contributed by atoms with E-state index in [1.54, 1.807) is 0 Å². The number of hydrogen-bond acceptors (Lipinski definition) is 4. The Morgan fingerprint density at radius 3 is 2.18 bits per heavy atom. The molecule has 0 unspecified atom stereocenters. The molecule has 0 amide bonds. The van der Waals surface area contributed by atoms with E-state index >= 15 is 0 Å². The Kier molecular flexibility index (Phi) is 11.7. The maximum absolute atomic E-state index is 5.83. The second kappa shape index (κ2) is 11.4. The Balaban J connectivity index is 4.20. The predicted molar refractivity (Wildman–Crippen MR) is 72.2 cm³/mol. The summed E-state index contributed by atoms with van der Waals surface area (Å²) in [6.45, 7) is 7.79. The van der Waals surface area contributed by atoms with E-state index in [1.807, 2.05) is 20.8 Å². The van der Waals surface area contributed by atoms with Gasteiger partial charge in [0.05, 0.1) is 0 Å². The highest BCUT2D eigenvalue weighted by Crippen LogP contribution is 2.16. The first-order valence-corrected chi connectivity index (χ1v) is 8.41. The zero-order valence-corrected chi connectivity index (χ0v) is 13.3. The van der Waals surface area contributed by atoms with Gasteiger partial charge in [-0.1, -0.05) is 0 Å². The molecule has 0 aliphatic heterocycles. The van der Waals surface area contributed by atoms with Gasteiger partial charge in [-0.05, 0) is 33.2 Å². The topological polar surface area (TPSA) is 36.9 Å². The minimum atomic E-state index is -1.00. The summed E-state index contributed by atoms with van der Waals surface area (Å²) in [6.07, 6.45) is 0.983. The minimum absolute atomic E-state index is 0.319. The van der Waals surface area contributed by atoms with Crippen molar-refractivity contribution in [1.29, 1.82) is 0 Å². The SMILES string of the molecule is CCOCC(OCC)(OCC)O[SiH2]CCCCl. The molecule has 0 aliphatic rings. The molecule has 17 heavy (non-hydrogen) atoms. The largest absolute Gasteiger partial charge is 0.374 e. The van der Waals surface area contributed by atoms with Crippen LogP contribution in [0.5, 0.6) is 0 Å². The van der Waals surface area contributed by atoms with Crippen molar-refractivity contribution in [1.82, 2.24) is 0 Å². The van der Waals surface area contributed by atoms with Gasteiger partial charge in [0.2, 0.25) is 0 Å². The molecule has 0 aromatic rings. The van der Waals surface area contributed by atoms with E-state index < -0.39 is 15.7 Å². The van der Waals surface area contributed by atoms with Crippen LogP contribution in [-0.2, 0) is 18.6 Å². The van der Waals surface area contributed by atoms with Gasteiger partial charge in [0, 0.05) is 25.7 Å². The molecule has 6 heteroatoms. The first kappa shape index (κ1) is 17.3. The Morgan fingerprint density at radius 1 is 1.06 bits per heavy atom. The van der Waals surface area contributed by atoms with E-state index in [1.165, 1.54) is 0 Å². The van der Waals surface area contributed by atoms with Gasteiger partial charge in [0.1, 0.15) is 6.61 Å². The fourth-order valence-corrected chi connectivity index (χ4v) is 3.01. The summed E-state index contributed by atoms with van der Waals surface area (Å²) in [7, 11) is -0.687. The lowest BCUT2D eigenvalue weighted by molar-refractivity contribution is -0.358. The summed E-state index contributed by atoms with van der Waals surface area (Å²) >= 11 is 5.64. The summed E-state index contributed by atoms with van der Waals surface area (Å²) in [4.78, 5) is 0. The third-order valence-corrected chi connectivity index (χ3v) is 3.76. The number of hydrogen-bond donors (Lipinski definition) is 0. The molecule has 0 spiro atoms. The van der Waals surface area contributed by atoms with Crippen LogP contribution in [0.1, 0.15) is 27.2 Å². The molecular formula is C11H25ClO4Si. The van der Waals surface area contributed by atoms with Crippen molar-refractivity contribution in [2.45, 2.75) is 39.2 Å². The molecule has 0 aromatic carbocycles. The zero-order valence-electron chi connectivity index (χ0n) is 11.2. The van der Waals surface area contributed by atoms with Gasteiger partial charge >= 0.3 is 0 Å². The van der Waals surface area contributed by atoms with Gasteiger partial charge in [-0.2, -0.15) is 0 Å². The van der Waals surface area contributed by atoms with E-state index in [4.69, 9.17) is 30.2 Å². The molecule has 0 fully saturated rings. The summed E-state index contributed by atoms with van der Waals surface area (Å²) in [6, 6.07) is 1.03. The molecule has 0 saturated carbocycles.